The predicted octanol–water partition coefficient (Wildman–Crippen LogP) is -2.58. The van der Waals surface area contributed by atoms with Crippen LogP contribution in [0.1, 0.15) is 0 Å². The van der Waals surface area contributed by atoms with Crippen molar-refractivity contribution < 1.29 is 25.2 Å². The van der Waals surface area contributed by atoms with Crippen molar-refractivity contribution in [3.63, 3.8) is 0 Å². The summed E-state index contributed by atoms with van der Waals surface area (Å²) in [5.41, 5.74) is -2.01. The molecule has 68 valence electrons. The van der Waals surface area contributed by atoms with Crippen LogP contribution < -0.4 is 0 Å². The fourth-order valence-electron chi connectivity index (χ4n) is 1.11. The maximum absolute atomic E-state index is 9.47. The third kappa shape index (κ3) is 1.10. The van der Waals surface area contributed by atoms with E-state index < -0.39 is 30.7 Å². The molecule has 5 heteroatoms. The van der Waals surface area contributed by atoms with Gasteiger partial charge in [0.2, 0.25) is 0 Å². The van der Waals surface area contributed by atoms with Crippen LogP contribution in [0.3, 0.4) is 0 Å². The van der Waals surface area contributed by atoms with Crippen LogP contribution in [-0.2, 0) is 4.74 Å². The molecule has 5 nitrogen and oxygen atoms in total. The van der Waals surface area contributed by atoms with Crippen LogP contribution in [0.25, 0.3) is 0 Å². The molecule has 0 aliphatic carbocycles. The second-order valence-electron chi connectivity index (χ2n) is 2.61. The molecule has 0 bridgehead atoms. The third-order valence-corrected chi connectivity index (χ3v) is 1.91. The summed E-state index contributed by atoms with van der Waals surface area (Å²) in [6.45, 7) is -0.561. The highest BCUT2D eigenvalue weighted by atomic mass is 16.7. The summed E-state index contributed by atoms with van der Waals surface area (Å²) in [6, 6.07) is 0. The molecule has 1 heterocycles. The molecule has 0 aromatic rings. The van der Waals surface area contributed by atoms with E-state index in [-0.39, 0.29) is 0 Å². The largest absolute Gasteiger partial charge is 0.394 e. The number of terminal acetylenes is 1. The number of aliphatic hydroxyl groups is 4. The molecule has 0 amide bonds. The van der Waals surface area contributed by atoms with Gasteiger partial charge in [-0.15, -0.1) is 6.42 Å². The lowest BCUT2D eigenvalue weighted by Crippen LogP contribution is -2.48. The first kappa shape index (κ1) is 9.45. The summed E-state index contributed by atoms with van der Waals surface area (Å²) in [4.78, 5) is 0. The molecule has 0 unspecified atom stereocenters. The highest BCUT2D eigenvalue weighted by Crippen LogP contribution is 2.29. The topological polar surface area (TPSA) is 90.2 Å². The van der Waals surface area contributed by atoms with E-state index in [4.69, 9.17) is 21.7 Å². The Kier molecular flexibility index (Phi) is 2.37. The number of ether oxygens (including phenoxy) is 1. The number of hydrogen-bond acceptors (Lipinski definition) is 5. The summed E-state index contributed by atoms with van der Waals surface area (Å²) in [7, 11) is 0. The second kappa shape index (κ2) is 3.01. The van der Waals surface area contributed by atoms with Crippen LogP contribution in [-0.4, -0.2) is 51.1 Å². The van der Waals surface area contributed by atoms with Gasteiger partial charge in [0, 0.05) is 0 Å². The summed E-state index contributed by atoms with van der Waals surface area (Å²) in [5.74, 6) is 1.88. The second-order valence-corrected chi connectivity index (χ2v) is 2.61. The van der Waals surface area contributed by atoms with Crippen molar-refractivity contribution in [2.75, 3.05) is 6.61 Å². The fourth-order valence-corrected chi connectivity index (χ4v) is 1.11. The van der Waals surface area contributed by atoms with Crippen LogP contribution in [0.15, 0.2) is 0 Å². The van der Waals surface area contributed by atoms with Crippen molar-refractivity contribution in [1.82, 2.24) is 0 Å². The fraction of sp³-hybridized carbons (Fsp3) is 0.714. The van der Waals surface area contributed by atoms with Crippen LogP contribution >= 0.6 is 0 Å². The number of hydrogen-bond donors (Lipinski definition) is 4. The predicted molar refractivity (Wildman–Crippen MR) is 37.8 cm³/mol. The Hall–Kier alpha value is -0.640. The normalized spacial score (nSPS) is 47.4. The SMILES string of the molecule is C#C[C@@]1(O)[C@@H](CO)O[C@@H](O)[C@@H]1O. The average molecular weight is 174 g/mol. The highest BCUT2D eigenvalue weighted by Gasteiger charge is 2.53. The zero-order valence-corrected chi connectivity index (χ0v) is 6.21. The quantitative estimate of drug-likeness (QED) is 0.328. The van der Waals surface area contributed by atoms with E-state index >= 15 is 0 Å². The van der Waals surface area contributed by atoms with Gasteiger partial charge >= 0.3 is 0 Å². The number of rotatable bonds is 1. The highest BCUT2D eigenvalue weighted by molar-refractivity contribution is 5.19. The lowest BCUT2D eigenvalue weighted by Gasteiger charge is -2.22. The standard InChI is InChI=1S/C7H10O5/c1-2-7(11)4(3-8)12-6(10)5(7)9/h1,4-6,8-11H,3H2/t4-,5+,6-,7-/m1/s1. The molecular formula is C7H10O5. The first-order valence-corrected chi connectivity index (χ1v) is 3.39. The molecule has 1 aliphatic rings. The van der Waals surface area contributed by atoms with Crippen LogP contribution in [0.4, 0.5) is 0 Å². The molecule has 0 aromatic heterocycles. The molecule has 0 radical (unpaired) electrons. The Morgan fingerprint density at radius 2 is 2.08 bits per heavy atom. The zero-order valence-electron chi connectivity index (χ0n) is 6.21. The lowest BCUT2D eigenvalue weighted by atomic mass is 9.94. The van der Waals surface area contributed by atoms with Crippen molar-refractivity contribution in [2.24, 2.45) is 0 Å². The van der Waals surface area contributed by atoms with Crippen molar-refractivity contribution in [3.05, 3.63) is 0 Å². The van der Waals surface area contributed by atoms with Crippen molar-refractivity contribution in [2.45, 2.75) is 24.1 Å². The van der Waals surface area contributed by atoms with Gasteiger partial charge in [-0.1, -0.05) is 5.92 Å². The van der Waals surface area contributed by atoms with E-state index in [0.29, 0.717) is 0 Å². The minimum Gasteiger partial charge on any atom is -0.394 e. The smallest absolute Gasteiger partial charge is 0.185 e. The average Bonchev–Trinajstić information content (AvgIpc) is 2.30. The van der Waals surface area contributed by atoms with Crippen molar-refractivity contribution in [3.8, 4) is 12.3 Å². The minimum atomic E-state index is -2.01. The molecule has 12 heavy (non-hydrogen) atoms. The van der Waals surface area contributed by atoms with E-state index in [9.17, 15) is 5.11 Å². The maximum atomic E-state index is 9.47. The van der Waals surface area contributed by atoms with Gasteiger partial charge in [-0.3, -0.25) is 0 Å². The number of aliphatic hydroxyl groups excluding tert-OH is 3. The molecule has 1 fully saturated rings. The molecule has 4 N–H and O–H groups in total. The van der Waals surface area contributed by atoms with E-state index in [1.165, 1.54) is 0 Å². The Labute approximate surface area is 69.2 Å². The molecule has 1 saturated heterocycles. The minimum absolute atomic E-state index is 0.561. The lowest BCUT2D eigenvalue weighted by molar-refractivity contribution is -0.132. The Bertz CT molecular complexity index is 210. The van der Waals surface area contributed by atoms with Gasteiger partial charge < -0.3 is 25.2 Å². The third-order valence-electron chi connectivity index (χ3n) is 1.91. The van der Waals surface area contributed by atoms with Gasteiger partial charge in [0.15, 0.2) is 11.9 Å². The van der Waals surface area contributed by atoms with Crippen molar-refractivity contribution in [1.29, 1.82) is 0 Å². The summed E-state index contributed by atoms with van der Waals surface area (Å²) >= 11 is 0. The summed E-state index contributed by atoms with van der Waals surface area (Å²) in [6.07, 6.45) is 0.642. The Morgan fingerprint density at radius 1 is 1.50 bits per heavy atom. The monoisotopic (exact) mass is 174 g/mol. The maximum Gasteiger partial charge on any atom is 0.185 e. The van der Waals surface area contributed by atoms with E-state index in [2.05, 4.69) is 4.74 Å². The van der Waals surface area contributed by atoms with Crippen LogP contribution in [0.2, 0.25) is 0 Å². The van der Waals surface area contributed by atoms with Gasteiger partial charge in [-0.05, 0) is 0 Å². The van der Waals surface area contributed by atoms with Crippen LogP contribution in [0.5, 0.6) is 0 Å². The Morgan fingerprint density at radius 3 is 2.42 bits per heavy atom. The summed E-state index contributed by atoms with van der Waals surface area (Å²) in [5, 5.41) is 36.2. The van der Waals surface area contributed by atoms with Gasteiger partial charge in [-0.25, -0.2) is 0 Å². The van der Waals surface area contributed by atoms with Gasteiger partial charge in [-0.2, -0.15) is 0 Å². The van der Waals surface area contributed by atoms with Gasteiger partial charge in [0.05, 0.1) is 6.61 Å². The molecular weight excluding hydrogens is 164 g/mol. The van der Waals surface area contributed by atoms with Gasteiger partial charge in [0.1, 0.15) is 12.2 Å². The molecule has 0 aromatic carbocycles. The Balaban J connectivity index is 2.89. The molecule has 1 rings (SSSR count). The molecule has 0 saturated carbocycles. The first-order valence-electron chi connectivity index (χ1n) is 3.39. The van der Waals surface area contributed by atoms with Crippen LogP contribution in [0, 0.1) is 12.3 Å². The van der Waals surface area contributed by atoms with E-state index in [1.807, 2.05) is 5.92 Å². The zero-order chi connectivity index (χ0) is 9.35. The molecule has 4 atom stereocenters. The van der Waals surface area contributed by atoms with E-state index in [0.717, 1.165) is 0 Å². The van der Waals surface area contributed by atoms with Gasteiger partial charge in [0.25, 0.3) is 0 Å². The summed E-state index contributed by atoms with van der Waals surface area (Å²) < 4.78 is 4.59. The molecule has 1 aliphatic heterocycles. The van der Waals surface area contributed by atoms with Crippen molar-refractivity contribution >= 4 is 0 Å². The molecule has 0 spiro atoms. The van der Waals surface area contributed by atoms with E-state index in [1.54, 1.807) is 0 Å². The first-order chi connectivity index (χ1) is 5.56.